The molecule has 44 heavy (non-hydrogen) atoms. The van der Waals surface area contributed by atoms with Crippen LogP contribution in [0.15, 0.2) is 114 Å². The number of hydrogen-bond donors (Lipinski definition) is 1. The molecule has 1 N–H and O–H groups in total. The van der Waals surface area contributed by atoms with E-state index in [0.717, 1.165) is 22.7 Å². The van der Waals surface area contributed by atoms with Gasteiger partial charge in [-0.3, -0.25) is 13.9 Å². The molecule has 4 rings (SSSR count). The molecule has 0 heterocycles. The molecule has 1 atom stereocenters. The Morgan fingerprint density at radius 3 is 2.11 bits per heavy atom. The Bertz CT molecular complexity index is 1640. The quantitative estimate of drug-likeness (QED) is 0.166. The fraction of sp³-hybridized carbons (Fsp3) is 0.235. The third-order valence-corrected chi connectivity index (χ3v) is 9.16. The number of anilines is 1. The molecule has 0 aliphatic rings. The lowest BCUT2D eigenvalue weighted by Crippen LogP contribution is -2.53. The second-order valence-electron chi connectivity index (χ2n) is 10.3. The second-order valence-corrected chi connectivity index (χ2v) is 12.6. The summed E-state index contributed by atoms with van der Waals surface area (Å²) in [4.78, 5) is 29.3. The number of sulfonamides is 1. The number of hydrogen-bond acceptors (Lipinski definition) is 4. The van der Waals surface area contributed by atoms with E-state index in [1.54, 1.807) is 36.4 Å². The molecule has 230 valence electrons. The predicted molar refractivity (Wildman–Crippen MR) is 171 cm³/mol. The summed E-state index contributed by atoms with van der Waals surface area (Å²) in [7, 11) is -4.23. The Morgan fingerprint density at radius 2 is 1.48 bits per heavy atom. The zero-order valence-corrected chi connectivity index (χ0v) is 26.0. The minimum Gasteiger partial charge on any atom is -0.354 e. The lowest BCUT2D eigenvalue weighted by molar-refractivity contribution is -0.140. The zero-order valence-electron chi connectivity index (χ0n) is 24.4. The summed E-state index contributed by atoms with van der Waals surface area (Å²) in [5, 5.41) is 3.31. The maximum atomic E-state index is 15.0. The second kappa shape index (κ2) is 15.5. The van der Waals surface area contributed by atoms with Gasteiger partial charge in [0, 0.05) is 30.1 Å². The number of nitrogens with one attached hydrogen (secondary N) is 1. The Hall–Kier alpha value is -4.21. The summed E-state index contributed by atoms with van der Waals surface area (Å²) >= 11 is 6.09. The van der Waals surface area contributed by atoms with E-state index in [4.69, 9.17) is 11.6 Å². The fourth-order valence-corrected chi connectivity index (χ4v) is 6.29. The van der Waals surface area contributed by atoms with Gasteiger partial charge in [-0.25, -0.2) is 12.8 Å². The number of benzene rings is 4. The van der Waals surface area contributed by atoms with Crippen LogP contribution in [0.2, 0.25) is 5.02 Å². The van der Waals surface area contributed by atoms with Crippen molar-refractivity contribution in [1.82, 2.24) is 10.2 Å². The summed E-state index contributed by atoms with van der Waals surface area (Å²) in [6.07, 6.45) is 1.74. The van der Waals surface area contributed by atoms with Gasteiger partial charge in [0.15, 0.2) is 0 Å². The summed E-state index contributed by atoms with van der Waals surface area (Å²) in [6.45, 7) is 1.52. The van der Waals surface area contributed by atoms with Crippen LogP contribution in [0.4, 0.5) is 10.1 Å². The largest absolute Gasteiger partial charge is 0.354 e. The molecule has 1 unspecified atom stereocenters. The van der Waals surface area contributed by atoms with Gasteiger partial charge in [-0.2, -0.15) is 0 Å². The van der Waals surface area contributed by atoms with Gasteiger partial charge in [0.25, 0.3) is 10.0 Å². The standard InChI is InChI=1S/C34H35ClFN3O4S/c1-2-3-22-37-34(41)32(23-26-12-6-4-7-13-26)38(24-27-14-10-11-17-31(27)36)33(40)25-39(29-20-18-28(35)19-21-29)44(42,43)30-15-8-5-9-16-30/h4-21,32H,2-3,22-25H2,1H3,(H,37,41). The number of carbonyl (C=O) groups is 2. The SMILES string of the molecule is CCCCNC(=O)C(Cc1ccccc1)N(Cc1ccccc1F)C(=O)CN(c1ccc(Cl)cc1)S(=O)(=O)c1ccccc1. The van der Waals surface area contributed by atoms with Crippen LogP contribution in [-0.2, 0) is 32.6 Å². The van der Waals surface area contributed by atoms with Gasteiger partial charge in [-0.1, -0.05) is 91.7 Å². The van der Waals surface area contributed by atoms with Gasteiger partial charge in [-0.15, -0.1) is 0 Å². The maximum Gasteiger partial charge on any atom is 0.264 e. The van der Waals surface area contributed by atoms with Crippen LogP contribution in [0.3, 0.4) is 0 Å². The van der Waals surface area contributed by atoms with Crippen molar-refractivity contribution < 1.29 is 22.4 Å². The molecule has 7 nitrogen and oxygen atoms in total. The highest BCUT2D eigenvalue weighted by atomic mass is 35.5. The first-order valence-corrected chi connectivity index (χ1v) is 16.2. The lowest BCUT2D eigenvalue weighted by Gasteiger charge is -2.34. The minimum absolute atomic E-state index is 0.0125. The Kier molecular flexibility index (Phi) is 11.5. The Morgan fingerprint density at radius 1 is 0.864 bits per heavy atom. The van der Waals surface area contributed by atoms with Crippen LogP contribution in [0.1, 0.15) is 30.9 Å². The third-order valence-electron chi connectivity index (χ3n) is 7.12. The molecule has 0 bridgehead atoms. The molecule has 0 radical (unpaired) electrons. The van der Waals surface area contributed by atoms with Crippen molar-refractivity contribution in [2.24, 2.45) is 0 Å². The first kappa shape index (κ1) is 32.7. The molecule has 10 heteroatoms. The molecule has 4 aromatic rings. The molecule has 2 amide bonds. The van der Waals surface area contributed by atoms with E-state index in [0.29, 0.717) is 11.6 Å². The van der Waals surface area contributed by atoms with E-state index in [-0.39, 0.29) is 29.1 Å². The van der Waals surface area contributed by atoms with Crippen LogP contribution < -0.4 is 9.62 Å². The number of amides is 2. The minimum atomic E-state index is -4.23. The van der Waals surface area contributed by atoms with E-state index in [1.807, 2.05) is 37.3 Å². The summed E-state index contributed by atoms with van der Waals surface area (Å²) in [5.41, 5.74) is 1.20. The molecular formula is C34H35ClFN3O4S. The molecule has 0 saturated carbocycles. The number of rotatable bonds is 14. The summed E-state index contributed by atoms with van der Waals surface area (Å²) in [6, 6.07) is 28.0. The maximum absolute atomic E-state index is 15.0. The van der Waals surface area contributed by atoms with Gasteiger partial charge >= 0.3 is 0 Å². The van der Waals surface area contributed by atoms with Crippen LogP contribution in [0.25, 0.3) is 0 Å². The highest BCUT2D eigenvalue weighted by Crippen LogP contribution is 2.26. The van der Waals surface area contributed by atoms with E-state index in [1.165, 1.54) is 47.4 Å². The van der Waals surface area contributed by atoms with E-state index >= 15 is 0 Å². The molecule has 4 aromatic carbocycles. The molecule has 0 saturated heterocycles. The topological polar surface area (TPSA) is 86.8 Å². The van der Waals surface area contributed by atoms with Crippen molar-refractivity contribution in [2.75, 3.05) is 17.4 Å². The lowest BCUT2D eigenvalue weighted by atomic mass is 10.0. The molecule has 0 aliphatic carbocycles. The normalized spacial score (nSPS) is 11.9. The van der Waals surface area contributed by atoms with Gasteiger partial charge in [0.05, 0.1) is 10.6 Å². The van der Waals surface area contributed by atoms with Gasteiger partial charge in [0.2, 0.25) is 11.8 Å². The monoisotopic (exact) mass is 635 g/mol. The zero-order chi connectivity index (χ0) is 31.5. The number of nitrogens with zero attached hydrogens (tertiary/aromatic N) is 2. The summed E-state index contributed by atoms with van der Waals surface area (Å²) in [5.74, 6) is -1.62. The van der Waals surface area contributed by atoms with Gasteiger partial charge in [-0.05, 0) is 54.4 Å². The van der Waals surface area contributed by atoms with Crippen molar-refractivity contribution in [1.29, 1.82) is 0 Å². The van der Waals surface area contributed by atoms with Crippen molar-refractivity contribution in [3.63, 3.8) is 0 Å². The van der Waals surface area contributed by atoms with Crippen LogP contribution in [-0.4, -0.2) is 44.3 Å². The fourth-order valence-electron chi connectivity index (χ4n) is 4.73. The van der Waals surface area contributed by atoms with E-state index < -0.39 is 40.2 Å². The summed E-state index contributed by atoms with van der Waals surface area (Å²) < 4.78 is 43.8. The number of unbranched alkanes of at least 4 members (excludes halogenated alkanes) is 1. The predicted octanol–water partition coefficient (Wildman–Crippen LogP) is 6.23. The molecule has 0 fully saturated rings. The van der Waals surface area contributed by atoms with E-state index in [2.05, 4.69) is 5.32 Å². The molecular weight excluding hydrogens is 601 g/mol. The third kappa shape index (κ3) is 8.45. The number of carbonyl (C=O) groups excluding carboxylic acids is 2. The molecule has 0 spiro atoms. The van der Waals surface area contributed by atoms with Crippen LogP contribution in [0, 0.1) is 5.82 Å². The van der Waals surface area contributed by atoms with Gasteiger partial charge < -0.3 is 10.2 Å². The highest BCUT2D eigenvalue weighted by molar-refractivity contribution is 7.92. The molecule has 0 aromatic heterocycles. The Balaban J connectivity index is 1.78. The highest BCUT2D eigenvalue weighted by Gasteiger charge is 2.34. The van der Waals surface area contributed by atoms with Crippen molar-refractivity contribution in [2.45, 2.75) is 43.7 Å². The van der Waals surface area contributed by atoms with E-state index in [9.17, 15) is 22.4 Å². The van der Waals surface area contributed by atoms with Crippen molar-refractivity contribution in [3.8, 4) is 0 Å². The van der Waals surface area contributed by atoms with Crippen molar-refractivity contribution in [3.05, 3.63) is 131 Å². The number of halogens is 2. The van der Waals surface area contributed by atoms with Crippen molar-refractivity contribution >= 4 is 39.1 Å². The Labute approximate surface area is 263 Å². The smallest absolute Gasteiger partial charge is 0.264 e. The van der Waals surface area contributed by atoms with Crippen LogP contribution in [0.5, 0.6) is 0 Å². The first-order valence-electron chi connectivity index (χ1n) is 14.4. The molecule has 0 aliphatic heterocycles. The van der Waals surface area contributed by atoms with Gasteiger partial charge in [0.1, 0.15) is 18.4 Å². The average Bonchev–Trinajstić information content (AvgIpc) is 3.03. The first-order chi connectivity index (χ1) is 21.2. The van der Waals surface area contributed by atoms with Crippen LogP contribution >= 0.6 is 11.6 Å². The average molecular weight is 636 g/mol.